The Bertz CT molecular complexity index is 1570. The molecule has 3 heterocycles. The Morgan fingerprint density at radius 1 is 1.11 bits per heavy atom. The number of carbonyl (C=O) groups excluding carboxylic acids is 2. The molecule has 1 saturated heterocycles. The number of anilines is 1. The second-order valence-electron chi connectivity index (χ2n) is 8.44. The molecule has 3 aromatic rings. The van der Waals surface area contributed by atoms with Crippen molar-refractivity contribution in [2.45, 2.75) is 26.2 Å². The number of benzene rings is 1. The molecule has 14 heteroatoms. The Balaban J connectivity index is 1.71. The van der Waals surface area contributed by atoms with E-state index in [1.807, 2.05) is 4.90 Å². The number of hydrogen-bond acceptors (Lipinski definition) is 8. The van der Waals surface area contributed by atoms with Crippen molar-refractivity contribution in [3.05, 3.63) is 56.2 Å². The number of piperazine rings is 1. The molecule has 1 fully saturated rings. The van der Waals surface area contributed by atoms with Gasteiger partial charge in [0.15, 0.2) is 11.2 Å². The van der Waals surface area contributed by atoms with Crippen LogP contribution in [0.5, 0.6) is 0 Å². The minimum Gasteiger partial charge on any atom is -0.383 e. The summed E-state index contributed by atoms with van der Waals surface area (Å²) < 4.78 is 44.8. The van der Waals surface area contributed by atoms with Crippen LogP contribution in [-0.4, -0.2) is 63.0 Å². The van der Waals surface area contributed by atoms with Crippen LogP contribution in [0.3, 0.4) is 0 Å². The number of esters is 2. The van der Waals surface area contributed by atoms with Gasteiger partial charge in [-0.1, -0.05) is 18.1 Å². The number of alkyl halides is 3. The molecule has 0 bridgehead atoms. The summed E-state index contributed by atoms with van der Waals surface area (Å²) in [6, 6.07) is 4.96. The Morgan fingerprint density at radius 3 is 2.37 bits per heavy atom. The maximum absolute atomic E-state index is 13.6. The van der Waals surface area contributed by atoms with E-state index < -0.39 is 29.4 Å². The topological polar surface area (TPSA) is 120 Å². The third kappa shape index (κ3) is 5.18. The molecular formula is C24H23F3N6O5. The molecule has 0 saturated carbocycles. The first-order valence-electron chi connectivity index (χ1n) is 11.5. The number of halogens is 3. The molecule has 0 spiro atoms. The quantitative estimate of drug-likeness (QED) is 0.289. The van der Waals surface area contributed by atoms with Crippen LogP contribution in [0.2, 0.25) is 0 Å². The molecule has 0 radical (unpaired) electrons. The molecule has 0 unspecified atom stereocenters. The van der Waals surface area contributed by atoms with E-state index in [0.717, 1.165) is 29.8 Å². The number of rotatable bonds is 5. The van der Waals surface area contributed by atoms with Crippen molar-refractivity contribution in [1.82, 2.24) is 24.0 Å². The highest BCUT2D eigenvalue weighted by Crippen LogP contribution is 2.21. The Hall–Kier alpha value is -4.38. The first kappa shape index (κ1) is 26.7. The number of aromatic nitrogens is 4. The molecular weight excluding hydrogens is 509 g/mol. The van der Waals surface area contributed by atoms with Crippen molar-refractivity contribution in [3.63, 3.8) is 0 Å². The smallest absolute Gasteiger partial charge is 0.383 e. The SMILES string of the molecule is CC#CCn1c(N2CCNCC2)nc2c1c(=O)n(Cc1ccc(C(=O)OC(=O)C(F)(F)F)cc1)c(=O)n2C. The van der Waals surface area contributed by atoms with Gasteiger partial charge in [-0.15, -0.1) is 5.92 Å². The second kappa shape index (κ2) is 10.5. The Kier molecular flexibility index (Phi) is 7.40. The molecule has 1 N–H and O–H groups in total. The summed E-state index contributed by atoms with van der Waals surface area (Å²) in [6.45, 7) is 4.47. The molecule has 1 aliphatic rings. The van der Waals surface area contributed by atoms with Gasteiger partial charge in [-0.05, 0) is 24.6 Å². The maximum atomic E-state index is 13.6. The normalized spacial score (nSPS) is 13.8. The van der Waals surface area contributed by atoms with E-state index in [1.165, 1.54) is 23.7 Å². The fourth-order valence-electron chi connectivity index (χ4n) is 4.04. The monoisotopic (exact) mass is 532 g/mol. The number of fused-ring (bicyclic) bond motifs is 1. The minimum absolute atomic E-state index is 0.188. The Labute approximate surface area is 213 Å². The zero-order valence-electron chi connectivity index (χ0n) is 20.5. The van der Waals surface area contributed by atoms with E-state index in [-0.39, 0.29) is 29.8 Å². The average Bonchev–Trinajstić information content (AvgIpc) is 3.28. The standard InChI is InChI=1S/C24H23F3N6O5/c1-3-4-11-32-17-18(29-22(32)31-12-9-28-10-13-31)30(2)23(37)33(19(17)34)14-15-5-7-16(8-6-15)20(35)38-21(36)24(25,26)27/h5-8,28H,9-14H2,1-2H3. The van der Waals surface area contributed by atoms with Crippen LogP contribution in [0.15, 0.2) is 33.9 Å². The van der Waals surface area contributed by atoms with E-state index in [9.17, 15) is 32.3 Å². The lowest BCUT2D eigenvalue weighted by Gasteiger charge is -2.28. The molecule has 0 aliphatic carbocycles. The first-order valence-corrected chi connectivity index (χ1v) is 11.5. The van der Waals surface area contributed by atoms with Crippen molar-refractivity contribution in [3.8, 4) is 11.8 Å². The molecule has 200 valence electrons. The lowest BCUT2D eigenvalue weighted by atomic mass is 10.1. The summed E-state index contributed by atoms with van der Waals surface area (Å²) in [4.78, 5) is 56.1. The van der Waals surface area contributed by atoms with Gasteiger partial charge in [0.1, 0.15) is 0 Å². The predicted molar refractivity (Wildman–Crippen MR) is 130 cm³/mol. The summed E-state index contributed by atoms with van der Waals surface area (Å²) in [5.41, 5.74) is -0.693. The van der Waals surface area contributed by atoms with Gasteiger partial charge in [0.25, 0.3) is 5.56 Å². The first-order chi connectivity index (χ1) is 18.0. The third-order valence-electron chi connectivity index (χ3n) is 5.97. The highest BCUT2D eigenvalue weighted by Gasteiger charge is 2.42. The van der Waals surface area contributed by atoms with Crippen LogP contribution in [0.1, 0.15) is 22.8 Å². The fraction of sp³-hybridized carbons (Fsp3) is 0.375. The average molecular weight is 532 g/mol. The molecule has 1 aromatic carbocycles. The van der Waals surface area contributed by atoms with Crippen molar-refractivity contribution in [2.24, 2.45) is 7.05 Å². The van der Waals surface area contributed by atoms with E-state index in [2.05, 4.69) is 26.9 Å². The summed E-state index contributed by atoms with van der Waals surface area (Å²) in [7, 11) is 1.50. The highest BCUT2D eigenvalue weighted by molar-refractivity contribution is 5.98. The van der Waals surface area contributed by atoms with Gasteiger partial charge >= 0.3 is 23.8 Å². The van der Waals surface area contributed by atoms with Crippen LogP contribution >= 0.6 is 0 Å². The molecule has 1 aliphatic heterocycles. The van der Waals surface area contributed by atoms with Gasteiger partial charge in [0.05, 0.1) is 18.7 Å². The second-order valence-corrected chi connectivity index (χ2v) is 8.44. The number of ether oxygens (including phenoxy) is 1. The van der Waals surface area contributed by atoms with Crippen molar-refractivity contribution < 1.29 is 27.5 Å². The largest absolute Gasteiger partial charge is 0.491 e. The molecule has 2 aromatic heterocycles. The predicted octanol–water partition coefficient (Wildman–Crippen LogP) is 0.624. The van der Waals surface area contributed by atoms with Gasteiger partial charge in [-0.2, -0.15) is 18.2 Å². The summed E-state index contributed by atoms with van der Waals surface area (Å²) in [5.74, 6) is 2.19. The zero-order chi connectivity index (χ0) is 27.6. The molecule has 4 rings (SSSR count). The molecule has 11 nitrogen and oxygen atoms in total. The Morgan fingerprint density at radius 2 is 1.76 bits per heavy atom. The van der Waals surface area contributed by atoms with E-state index in [0.29, 0.717) is 24.6 Å². The van der Waals surface area contributed by atoms with Crippen LogP contribution < -0.4 is 21.5 Å². The van der Waals surface area contributed by atoms with E-state index >= 15 is 0 Å². The van der Waals surface area contributed by atoms with Crippen LogP contribution in [0.4, 0.5) is 19.1 Å². The fourth-order valence-corrected chi connectivity index (χ4v) is 4.04. The van der Waals surface area contributed by atoms with Crippen LogP contribution in [0.25, 0.3) is 11.2 Å². The summed E-state index contributed by atoms with van der Waals surface area (Å²) in [6.07, 6.45) is -5.31. The summed E-state index contributed by atoms with van der Waals surface area (Å²) in [5, 5.41) is 3.25. The van der Waals surface area contributed by atoms with Crippen molar-refractivity contribution in [2.75, 3.05) is 31.1 Å². The van der Waals surface area contributed by atoms with Crippen molar-refractivity contribution in [1.29, 1.82) is 0 Å². The van der Waals surface area contributed by atoms with Crippen LogP contribution in [-0.2, 0) is 29.7 Å². The number of imidazole rings is 1. The van der Waals surface area contributed by atoms with Gasteiger partial charge in [0, 0.05) is 33.2 Å². The lowest BCUT2D eigenvalue weighted by molar-refractivity contribution is -0.193. The van der Waals surface area contributed by atoms with Gasteiger partial charge < -0.3 is 15.0 Å². The van der Waals surface area contributed by atoms with Gasteiger partial charge in [0.2, 0.25) is 5.95 Å². The van der Waals surface area contributed by atoms with Crippen LogP contribution in [0, 0.1) is 11.8 Å². The number of hydrogen-bond donors (Lipinski definition) is 1. The lowest BCUT2D eigenvalue weighted by Crippen LogP contribution is -2.44. The van der Waals surface area contributed by atoms with Gasteiger partial charge in [-0.25, -0.2) is 14.4 Å². The molecule has 0 atom stereocenters. The molecule has 0 amide bonds. The number of nitrogens with one attached hydrogen (secondary N) is 1. The minimum atomic E-state index is -5.31. The third-order valence-corrected chi connectivity index (χ3v) is 5.97. The number of carbonyl (C=O) groups is 2. The van der Waals surface area contributed by atoms with E-state index in [4.69, 9.17) is 0 Å². The zero-order valence-corrected chi connectivity index (χ0v) is 20.5. The number of nitrogens with zero attached hydrogens (tertiary/aromatic N) is 5. The maximum Gasteiger partial charge on any atom is 0.491 e. The number of aryl methyl sites for hydroxylation is 1. The van der Waals surface area contributed by atoms with Gasteiger partial charge in [-0.3, -0.25) is 18.5 Å². The van der Waals surface area contributed by atoms with Crippen molar-refractivity contribution >= 4 is 29.1 Å². The summed E-state index contributed by atoms with van der Waals surface area (Å²) >= 11 is 0. The molecule has 38 heavy (non-hydrogen) atoms. The van der Waals surface area contributed by atoms with E-state index in [1.54, 1.807) is 11.5 Å². The highest BCUT2D eigenvalue weighted by atomic mass is 19.4.